The molecule has 1 aromatic rings. The highest BCUT2D eigenvalue weighted by Gasteiger charge is 1.97. The maximum atomic E-state index is 3.64. The lowest BCUT2D eigenvalue weighted by atomic mass is 10.2. The monoisotopic (exact) mass is 144 g/mol. The van der Waals surface area contributed by atoms with Crippen LogP contribution in [0.4, 0.5) is 5.69 Å². The molecule has 0 aliphatic carbocycles. The summed E-state index contributed by atoms with van der Waals surface area (Å²) in [4.78, 5) is 0. The lowest BCUT2D eigenvalue weighted by molar-refractivity contribution is 1.12. The van der Waals surface area contributed by atoms with Crippen LogP contribution in [0.1, 0.15) is 5.56 Å². The Labute approximate surface area is 64.4 Å². The van der Waals surface area contributed by atoms with Gasteiger partial charge in [0.25, 0.3) is 0 Å². The zero-order valence-electron chi connectivity index (χ0n) is 5.78. The molecule has 0 fully saturated rings. The van der Waals surface area contributed by atoms with Gasteiger partial charge in [-0.3, -0.25) is 5.43 Å². The molecule has 1 aromatic carbocycles. The van der Waals surface area contributed by atoms with Crippen LogP contribution in [0.25, 0.3) is 6.08 Å². The van der Waals surface area contributed by atoms with Crippen molar-refractivity contribution in [3.05, 3.63) is 36.0 Å². The van der Waals surface area contributed by atoms with Gasteiger partial charge in [0.05, 0.1) is 5.69 Å². The van der Waals surface area contributed by atoms with E-state index in [0.717, 1.165) is 11.3 Å². The number of hydrogen-bond donors (Lipinski definition) is 1. The maximum Gasteiger partial charge on any atom is 0.116 e. The third-order valence-electron chi connectivity index (χ3n) is 1.46. The molecule has 2 rings (SSSR count). The van der Waals surface area contributed by atoms with Crippen molar-refractivity contribution >= 4 is 11.8 Å². The Balaban J connectivity index is 2.52. The van der Waals surface area contributed by atoms with Gasteiger partial charge in [-0.25, -0.2) is 0 Å². The fourth-order valence-electron chi connectivity index (χ4n) is 0.931. The minimum Gasteiger partial charge on any atom is -0.259 e. The lowest BCUT2D eigenvalue weighted by Gasteiger charge is -1.99. The second kappa shape index (κ2) is 2.54. The summed E-state index contributed by atoms with van der Waals surface area (Å²) in [6, 6.07) is 7.83. The van der Waals surface area contributed by atoms with E-state index in [9.17, 15) is 0 Å². The van der Waals surface area contributed by atoms with Crippen LogP contribution < -0.4 is 5.43 Å². The van der Waals surface area contributed by atoms with Crippen molar-refractivity contribution in [2.24, 2.45) is 10.3 Å². The van der Waals surface area contributed by atoms with Crippen molar-refractivity contribution in [2.75, 3.05) is 5.43 Å². The van der Waals surface area contributed by atoms with Gasteiger partial charge in [0.1, 0.15) is 6.20 Å². The third kappa shape index (κ3) is 1.12. The highest BCUT2D eigenvalue weighted by atomic mass is 15.4. The summed E-state index contributed by atoms with van der Waals surface area (Å²) in [7, 11) is 0. The molecule has 0 saturated carbocycles. The van der Waals surface area contributed by atoms with Crippen LogP contribution in [0.2, 0.25) is 0 Å². The van der Waals surface area contributed by atoms with E-state index in [1.54, 1.807) is 6.08 Å². The number of hydrogen-bond acceptors (Lipinski definition) is 3. The second-order valence-electron chi connectivity index (χ2n) is 2.17. The van der Waals surface area contributed by atoms with Crippen molar-refractivity contribution in [1.82, 2.24) is 0 Å². The topological polar surface area (TPSA) is 36.8 Å². The molecule has 0 saturated heterocycles. The van der Waals surface area contributed by atoms with E-state index in [-0.39, 0.29) is 0 Å². The van der Waals surface area contributed by atoms with Crippen LogP contribution in [0, 0.1) is 6.20 Å². The Morgan fingerprint density at radius 2 is 2.18 bits per heavy atom. The molecule has 0 bridgehead atoms. The Morgan fingerprint density at radius 1 is 1.27 bits per heavy atom. The minimum atomic E-state index is 0.959. The Bertz CT molecular complexity index is 315. The van der Waals surface area contributed by atoms with E-state index in [4.69, 9.17) is 0 Å². The quantitative estimate of drug-likeness (QED) is 0.595. The van der Waals surface area contributed by atoms with Crippen molar-refractivity contribution in [2.45, 2.75) is 0 Å². The molecule has 0 aromatic heterocycles. The van der Waals surface area contributed by atoms with Gasteiger partial charge in [-0.05, 0) is 12.1 Å². The summed E-state index contributed by atoms with van der Waals surface area (Å²) in [5.41, 5.74) is 4.80. The van der Waals surface area contributed by atoms with E-state index in [1.807, 2.05) is 24.3 Å². The highest BCUT2D eigenvalue weighted by Crippen LogP contribution is 2.17. The van der Waals surface area contributed by atoms with Gasteiger partial charge in [0.2, 0.25) is 0 Å². The fraction of sp³-hybridized carbons (Fsp3) is 0. The molecule has 0 unspecified atom stereocenters. The summed E-state index contributed by atoms with van der Waals surface area (Å²) < 4.78 is 0. The molecule has 1 heterocycles. The second-order valence-corrected chi connectivity index (χ2v) is 2.17. The molecule has 0 spiro atoms. The zero-order valence-corrected chi connectivity index (χ0v) is 5.78. The molecule has 1 aliphatic heterocycles. The normalized spacial score (nSPS) is 13.5. The largest absolute Gasteiger partial charge is 0.259 e. The summed E-state index contributed by atoms with van der Waals surface area (Å²) in [5.74, 6) is 0. The first-order chi connectivity index (χ1) is 5.47. The summed E-state index contributed by atoms with van der Waals surface area (Å²) >= 11 is 0. The number of anilines is 1. The molecule has 11 heavy (non-hydrogen) atoms. The van der Waals surface area contributed by atoms with Crippen LogP contribution in [0.5, 0.6) is 0 Å². The third-order valence-corrected chi connectivity index (χ3v) is 1.46. The van der Waals surface area contributed by atoms with Crippen molar-refractivity contribution in [3.8, 4) is 0 Å². The van der Waals surface area contributed by atoms with Gasteiger partial charge in [-0.15, -0.1) is 5.11 Å². The number of benzene rings is 1. The van der Waals surface area contributed by atoms with Crippen molar-refractivity contribution < 1.29 is 0 Å². The Kier molecular flexibility index (Phi) is 1.41. The van der Waals surface area contributed by atoms with Crippen LogP contribution >= 0.6 is 0 Å². The van der Waals surface area contributed by atoms with Gasteiger partial charge < -0.3 is 0 Å². The first-order valence-electron chi connectivity index (χ1n) is 3.30. The minimum absolute atomic E-state index is 0.959. The smallest absolute Gasteiger partial charge is 0.116 e. The summed E-state index contributed by atoms with van der Waals surface area (Å²) in [5, 5.41) is 7.24. The maximum absolute atomic E-state index is 3.64. The SMILES string of the molecule is [C]1=Cc2ccccc2NN=N1. The van der Waals surface area contributed by atoms with Crippen molar-refractivity contribution in [3.63, 3.8) is 0 Å². The number of nitrogens with one attached hydrogen (secondary N) is 1. The van der Waals surface area contributed by atoms with E-state index in [0.29, 0.717) is 0 Å². The summed E-state index contributed by atoms with van der Waals surface area (Å²) in [6.07, 6.45) is 4.46. The van der Waals surface area contributed by atoms with E-state index in [1.165, 1.54) is 0 Å². The van der Waals surface area contributed by atoms with Gasteiger partial charge in [-0.1, -0.05) is 23.4 Å². The van der Waals surface area contributed by atoms with E-state index in [2.05, 4.69) is 22.0 Å². The standard InChI is InChI=1S/C8H6N3/c1-2-4-8-7(3-1)5-6-9-11-10-8/h1-5H,(H,9,10). The molecular formula is C8H6N3. The van der Waals surface area contributed by atoms with Crippen LogP contribution in [-0.4, -0.2) is 0 Å². The predicted molar refractivity (Wildman–Crippen MR) is 42.6 cm³/mol. The average molecular weight is 144 g/mol. The molecule has 1 radical (unpaired) electrons. The van der Waals surface area contributed by atoms with E-state index >= 15 is 0 Å². The first kappa shape index (κ1) is 6.09. The molecule has 1 aliphatic rings. The van der Waals surface area contributed by atoms with Crippen molar-refractivity contribution in [1.29, 1.82) is 0 Å². The van der Waals surface area contributed by atoms with Crippen LogP contribution in [0.3, 0.4) is 0 Å². The highest BCUT2D eigenvalue weighted by molar-refractivity contribution is 5.65. The molecule has 0 atom stereocenters. The average Bonchev–Trinajstić information content (AvgIpc) is 2.28. The van der Waals surface area contributed by atoms with Crippen LogP contribution in [-0.2, 0) is 0 Å². The number of fused-ring (bicyclic) bond motifs is 1. The summed E-state index contributed by atoms with van der Waals surface area (Å²) in [6.45, 7) is 0. The molecule has 3 heteroatoms. The molecule has 1 N–H and O–H groups in total. The first-order valence-corrected chi connectivity index (χ1v) is 3.30. The van der Waals surface area contributed by atoms with Gasteiger partial charge in [-0.2, -0.15) is 0 Å². The van der Waals surface area contributed by atoms with Gasteiger partial charge >= 0.3 is 0 Å². The predicted octanol–water partition coefficient (Wildman–Crippen LogP) is 2.25. The fourth-order valence-corrected chi connectivity index (χ4v) is 0.931. The molecular weight excluding hydrogens is 138 g/mol. The zero-order chi connectivity index (χ0) is 7.52. The van der Waals surface area contributed by atoms with Crippen LogP contribution in [0.15, 0.2) is 34.6 Å². The number of nitrogens with zero attached hydrogens (tertiary/aromatic N) is 2. The Hall–Kier alpha value is -1.64. The number of para-hydroxylation sites is 1. The Morgan fingerprint density at radius 3 is 3.18 bits per heavy atom. The number of rotatable bonds is 0. The van der Waals surface area contributed by atoms with Gasteiger partial charge in [0.15, 0.2) is 0 Å². The molecule has 3 nitrogen and oxygen atoms in total. The molecule has 53 valence electrons. The molecule has 0 amide bonds. The lowest BCUT2D eigenvalue weighted by Crippen LogP contribution is -1.87. The van der Waals surface area contributed by atoms with Gasteiger partial charge in [0, 0.05) is 5.56 Å². The van der Waals surface area contributed by atoms with E-state index < -0.39 is 0 Å².